The van der Waals surface area contributed by atoms with Gasteiger partial charge in [-0.1, -0.05) is 29.5 Å². The predicted octanol–water partition coefficient (Wildman–Crippen LogP) is 1.95. The van der Waals surface area contributed by atoms with E-state index in [1.165, 1.54) is 7.11 Å². The summed E-state index contributed by atoms with van der Waals surface area (Å²) in [4.78, 5) is 12.1. The van der Waals surface area contributed by atoms with Gasteiger partial charge in [0.25, 0.3) is 0 Å². The van der Waals surface area contributed by atoms with E-state index in [0.29, 0.717) is 5.92 Å². The first-order chi connectivity index (χ1) is 9.23. The highest BCUT2D eigenvalue weighted by Gasteiger charge is 2.48. The molecule has 7 heteroatoms. The quantitative estimate of drug-likeness (QED) is 0.640. The van der Waals surface area contributed by atoms with Gasteiger partial charge >= 0.3 is 5.97 Å². The van der Waals surface area contributed by atoms with Gasteiger partial charge < -0.3 is 10.1 Å². The van der Waals surface area contributed by atoms with Crippen LogP contribution in [0.3, 0.4) is 0 Å². The van der Waals surface area contributed by atoms with Crippen molar-refractivity contribution < 1.29 is 9.53 Å². The van der Waals surface area contributed by atoms with Crippen LogP contribution in [-0.4, -0.2) is 41.6 Å². The molecule has 2 rings (SSSR count). The van der Waals surface area contributed by atoms with E-state index >= 15 is 0 Å². The monoisotopic (exact) mass is 301 g/mol. The highest BCUT2D eigenvalue weighted by molar-refractivity contribution is 8.00. The van der Waals surface area contributed by atoms with Gasteiger partial charge in [0.1, 0.15) is 11.0 Å². The fourth-order valence-electron chi connectivity index (χ4n) is 2.86. The Morgan fingerprint density at radius 3 is 3.21 bits per heavy atom. The molecular formula is C12H19N3O2S2. The summed E-state index contributed by atoms with van der Waals surface area (Å²) < 4.78 is 5.97. The number of ether oxygens (including phenoxy) is 1. The molecule has 19 heavy (non-hydrogen) atoms. The summed E-state index contributed by atoms with van der Waals surface area (Å²) in [7, 11) is 3.32. The van der Waals surface area contributed by atoms with Gasteiger partial charge in [-0.3, -0.25) is 4.79 Å². The first-order valence-corrected chi connectivity index (χ1v) is 8.25. The van der Waals surface area contributed by atoms with Crippen molar-refractivity contribution in [1.29, 1.82) is 0 Å². The highest BCUT2D eigenvalue weighted by Crippen LogP contribution is 2.39. The van der Waals surface area contributed by atoms with Crippen LogP contribution in [-0.2, 0) is 9.53 Å². The summed E-state index contributed by atoms with van der Waals surface area (Å²) >= 11 is 3.26. The number of hydrogen-bond donors (Lipinski definition) is 1. The van der Waals surface area contributed by atoms with Crippen LogP contribution in [0.1, 0.15) is 25.7 Å². The zero-order valence-corrected chi connectivity index (χ0v) is 12.9. The van der Waals surface area contributed by atoms with Crippen LogP contribution in [0.25, 0.3) is 0 Å². The molecule has 1 aromatic rings. The molecule has 1 aromatic heterocycles. The lowest BCUT2D eigenvalue weighted by molar-refractivity contribution is -0.150. The number of esters is 1. The lowest BCUT2D eigenvalue weighted by atomic mass is 9.85. The molecule has 0 amide bonds. The van der Waals surface area contributed by atoms with Gasteiger partial charge in [-0.2, -0.15) is 0 Å². The van der Waals surface area contributed by atoms with Crippen molar-refractivity contribution in [3.05, 3.63) is 5.51 Å². The zero-order chi connectivity index (χ0) is 13.7. The Morgan fingerprint density at radius 2 is 2.58 bits per heavy atom. The first-order valence-electron chi connectivity index (χ1n) is 6.39. The third-order valence-electron chi connectivity index (χ3n) is 3.85. The fraction of sp³-hybridized carbons (Fsp3) is 0.750. The van der Waals surface area contributed by atoms with Crippen LogP contribution >= 0.6 is 23.1 Å². The number of thioether (sulfide) groups is 1. The maximum Gasteiger partial charge on any atom is 0.326 e. The third-order valence-corrected chi connectivity index (χ3v) is 5.74. The van der Waals surface area contributed by atoms with Gasteiger partial charge in [0, 0.05) is 5.75 Å². The SMILES string of the molecule is CNC1(C(=O)OC)CCCC1CCSc1nncs1. The highest BCUT2D eigenvalue weighted by atomic mass is 32.2. The lowest BCUT2D eigenvalue weighted by Crippen LogP contribution is -2.53. The molecule has 0 spiro atoms. The van der Waals surface area contributed by atoms with Crippen LogP contribution in [0.4, 0.5) is 0 Å². The van der Waals surface area contributed by atoms with E-state index in [1.807, 2.05) is 7.05 Å². The molecule has 2 unspecified atom stereocenters. The molecule has 0 aliphatic heterocycles. The van der Waals surface area contributed by atoms with Crippen molar-refractivity contribution in [2.75, 3.05) is 19.9 Å². The minimum Gasteiger partial charge on any atom is -0.468 e. The second-order valence-electron chi connectivity index (χ2n) is 4.64. The Hall–Kier alpha value is -0.660. The Labute approximate surface area is 121 Å². The Morgan fingerprint density at radius 1 is 1.74 bits per heavy atom. The van der Waals surface area contributed by atoms with Crippen LogP contribution in [0.15, 0.2) is 9.85 Å². The van der Waals surface area contributed by atoms with E-state index in [4.69, 9.17) is 4.74 Å². The van der Waals surface area contributed by atoms with Gasteiger partial charge in [-0.25, -0.2) is 0 Å². The molecule has 0 aromatic carbocycles. The Balaban J connectivity index is 1.92. The predicted molar refractivity (Wildman–Crippen MR) is 76.4 cm³/mol. The number of methoxy groups -OCH3 is 1. The van der Waals surface area contributed by atoms with Crippen LogP contribution < -0.4 is 5.32 Å². The molecule has 0 radical (unpaired) electrons. The molecule has 106 valence electrons. The first kappa shape index (κ1) is 14.7. The molecule has 1 N–H and O–H groups in total. The molecule has 1 aliphatic carbocycles. The van der Waals surface area contributed by atoms with E-state index in [-0.39, 0.29) is 5.97 Å². The van der Waals surface area contributed by atoms with Crippen LogP contribution in [0.2, 0.25) is 0 Å². The van der Waals surface area contributed by atoms with Crippen molar-refractivity contribution in [3.8, 4) is 0 Å². The topological polar surface area (TPSA) is 64.1 Å². The number of rotatable bonds is 6. The summed E-state index contributed by atoms with van der Waals surface area (Å²) in [5.41, 5.74) is 1.25. The Bertz CT molecular complexity index is 413. The van der Waals surface area contributed by atoms with Gasteiger partial charge in [-0.05, 0) is 32.2 Å². The largest absolute Gasteiger partial charge is 0.468 e. The number of nitrogens with one attached hydrogen (secondary N) is 1. The third kappa shape index (κ3) is 3.09. The number of aromatic nitrogens is 2. The molecule has 1 heterocycles. The van der Waals surface area contributed by atoms with Crippen molar-refractivity contribution in [2.45, 2.75) is 35.6 Å². The molecule has 5 nitrogen and oxygen atoms in total. The number of carbonyl (C=O) groups is 1. The van der Waals surface area contributed by atoms with Crippen molar-refractivity contribution >= 4 is 29.1 Å². The molecule has 0 saturated heterocycles. The second kappa shape index (κ2) is 6.67. The van der Waals surface area contributed by atoms with Crippen LogP contribution in [0, 0.1) is 5.92 Å². The minimum atomic E-state index is -0.490. The van der Waals surface area contributed by atoms with Crippen molar-refractivity contribution in [1.82, 2.24) is 15.5 Å². The average molecular weight is 301 g/mol. The number of hydrogen-bond acceptors (Lipinski definition) is 7. The smallest absolute Gasteiger partial charge is 0.326 e. The Kier molecular flexibility index (Phi) is 5.18. The summed E-state index contributed by atoms with van der Waals surface area (Å²) in [6, 6.07) is 0. The van der Waals surface area contributed by atoms with E-state index in [9.17, 15) is 4.79 Å². The van der Waals surface area contributed by atoms with Gasteiger partial charge in [0.2, 0.25) is 0 Å². The zero-order valence-electron chi connectivity index (χ0n) is 11.2. The second-order valence-corrected chi connectivity index (χ2v) is 6.82. The number of nitrogens with zero attached hydrogens (tertiary/aromatic N) is 2. The normalized spacial score (nSPS) is 26.5. The summed E-state index contributed by atoms with van der Waals surface area (Å²) in [6.45, 7) is 0. The van der Waals surface area contributed by atoms with Gasteiger partial charge in [-0.15, -0.1) is 10.2 Å². The van der Waals surface area contributed by atoms with Gasteiger partial charge in [0.05, 0.1) is 7.11 Å². The average Bonchev–Trinajstić information content (AvgIpc) is 3.08. The number of carbonyl (C=O) groups excluding carboxylic acids is 1. The van der Waals surface area contributed by atoms with E-state index in [1.54, 1.807) is 28.6 Å². The fourth-order valence-corrected chi connectivity index (χ4v) is 4.48. The molecule has 1 saturated carbocycles. The van der Waals surface area contributed by atoms with Gasteiger partial charge in [0.15, 0.2) is 4.34 Å². The molecule has 1 aliphatic rings. The minimum absolute atomic E-state index is 0.126. The maximum absolute atomic E-state index is 12.1. The maximum atomic E-state index is 12.1. The molecule has 1 fully saturated rings. The van der Waals surface area contributed by atoms with Crippen molar-refractivity contribution in [2.24, 2.45) is 5.92 Å². The molecule has 0 bridgehead atoms. The standard InChI is InChI=1S/C12H19N3O2S2/c1-13-12(10(16)17-2)6-3-4-9(12)5-7-18-11-15-14-8-19-11/h8-9,13H,3-7H2,1-2H3. The van der Waals surface area contributed by atoms with Crippen molar-refractivity contribution in [3.63, 3.8) is 0 Å². The summed E-state index contributed by atoms with van der Waals surface area (Å²) in [6.07, 6.45) is 4.00. The van der Waals surface area contributed by atoms with E-state index < -0.39 is 5.54 Å². The summed E-state index contributed by atoms with van der Waals surface area (Å²) in [5, 5.41) is 11.0. The summed E-state index contributed by atoms with van der Waals surface area (Å²) in [5.74, 6) is 1.17. The molecular weight excluding hydrogens is 282 g/mol. The number of likely N-dealkylation sites (N-methyl/N-ethyl adjacent to an activating group) is 1. The van der Waals surface area contributed by atoms with E-state index in [0.717, 1.165) is 35.8 Å². The molecule has 2 atom stereocenters. The van der Waals surface area contributed by atoms with E-state index in [2.05, 4.69) is 15.5 Å². The lowest BCUT2D eigenvalue weighted by Gasteiger charge is -2.32. The van der Waals surface area contributed by atoms with Crippen LogP contribution in [0.5, 0.6) is 0 Å².